The number of nitriles is 1. The molecule has 1 aromatic carbocycles. The van der Waals surface area contributed by atoms with Gasteiger partial charge < -0.3 is 20.2 Å². The minimum Gasteiger partial charge on any atom is -0.490 e. The van der Waals surface area contributed by atoms with Crippen LogP contribution in [0.3, 0.4) is 0 Å². The van der Waals surface area contributed by atoms with Crippen molar-refractivity contribution in [2.75, 3.05) is 13.2 Å². The Balaban J connectivity index is 2.49. The second-order valence-electron chi connectivity index (χ2n) is 5.00. The topological polar surface area (TPSA) is 134 Å². The molecule has 0 spiro atoms. The van der Waals surface area contributed by atoms with Crippen LogP contribution in [0.4, 0.5) is 0 Å². The van der Waals surface area contributed by atoms with E-state index in [-0.39, 0.29) is 22.6 Å². The first kappa shape index (κ1) is 19.0. The van der Waals surface area contributed by atoms with E-state index in [0.717, 1.165) is 0 Å². The molecule has 0 fully saturated rings. The number of carbonyl (C=O) groups excluding carboxylic acids is 1. The molecule has 0 unspecified atom stereocenters. The molecule has 1 amide bonds. The molecule has 1 aromatic heterocycles. The predicted molar refractivity (Wildman–Crippen MR) is 98.2 cm³/mol. The molecule has 4 N–H and O–H groups in total. The summed E-state index contributed by atoms with van der Waals surface area (Å²) in [5.41, 5.74) is 5.28. The lowest BCUT2D eigenvalue weighted by molar-refractivity contribution is -0.119. The van der Waals surface area contributed by atoms with E-state index in [1.54, 1.807) is 24.3 Å². The summed E-state index contributed by atoms with van der Waals surface area (Å²) in [7, 11) is 0. The van der Waals surface area contributed by atoms with Crippen molar-refractivity contribution in [2.45, 2.75) is 6.92 Å². The number of nitrogens with one attached hydrogen (secondary N) is 2. The number of primary amides is 1. The molecule has 0 saturated heterocycles. The molecule has 2 rings (SSSR count). The minimum atomic E-state index is -0.628. The number of nitrogens with two attached hydrogens (primary N) is 1. The van der Waals surface area contributed by atoms with Gasteiger partial charge in [0.15, 0.2) is 22.9 Å². The van der Waals surface area contributed by atoms with Crippen molar-refractivity contribution in [2.24, 2.45) is 5.73 Å². The minimum absolute atomic E-state index is 0.0990. The van der Waals surface area contributed by atoms with E-state index in [2.05, 4.69) is 9.97 Å². The third kappa shape index (κ3) is 4.58. The van der Waals surface area contributed by atoms with Crippen molar-refractivity contribution in [1.29, 1.82) is 5.26 Å². The molecule has 134 valence electrons. The van der Waals surface area contributed by atoms with Crippen molar-refractivity contribution >= 4 is 30.3 Å². The summed E-state index contributed by atoms with van der Waals surface area (Å²) in [5.74, 6) is 0.137. The molecule has 0 saturated carbocycles. The molecule has 0 bridgehead atoms. The van der Waals surface area contributed by atoms with E-state index in [0.29, 0.717) is 23.7 Å². The first-order valence-corrected chi connectivity index (χ1v) is 7.98. The van der Waals surface area contributed by atoms with E-state index in [1.165, 1.54) is 6.08 Å². The van der Waals surface area contributed by atoms with Crippen LogP contribution < -0.4 is 20.8 Å². The number of nitrogens with zero attached hydrogens (tertiary/aromatic N) is 1. The number of hydrogen-bond donors (Lipinski definition) is 3. The maximum atomic E-state index is 11.8. The van der Waals surface area contributed by atoms with Gasteiger partial charge in [-0.25, -0.2) is 0 Å². The number of aromatic amines is 2. The Bertz CT molecular complexity index is 1000. The number of H-pyrrole nitrogens is 2. The zero-order chi connectivity index (χ0) is 19.1. The van der Waals surface area contributed by atoms with Gasteiger partial charge in [0.05, 0.1) is 12.3 Å². The Morgan fingerprint density at radius 1 is 1.35 bits per heavy atom. The number of ether oxygens (including phenoxy) is 2. The van der Waals surface area contributed by atoms with Gasteiger partial charge in [0.25, 0.3) is 11.5 Å². The lowest BCUT2D eigenvalue weighted by atomic mass is 10.1. The van der Waals surface area contributed by atoms with Gasteiger partial charge in [-0.1, -0.05) is 12.1 Å². The Morgan fingerprint density at radius 2 is 2.12 bits per heavy atom. The third-order valence-corrected chi connectivity index (χ3v) is 3.39. The SMILES string of the molecule is CCOc1cccc(/C=C/c2[nH]c(=S)[nH]c(=O)c2C#N)c1OCC(N)=O. The average Bonchev–Trinajstić information content (AvgIpc) is 2.58. The molecule has 0 aliphatic carbocycles. The molecule has 0 aliphatic heterocycles. The summed E-state index contributed by atoms with van der Waals surface area (Å²) >= 11 is 4.93. The molecule has 0 aliphatic rings. The van der Waals surface area contributed by atoms with Gasteiger partial charge in [-0.2, -0.15) is 5.26 Å². The zero-order valence-electron chi connectivity index (χ0n) is 13.9. The van der Waals surface area contributed by atoms with Crippen LogP contribution in [0.1, 0.15) is 23.7 Å². The summed E-state index contributed by atoms with van der Waals surface area (Å²) in [4.78, 5) is 27.9. The Labute approximate surface area is 153 Å². The number of hydrogen-bond acceptors (Lipinski definition) is 6. The van der Waals surface area contributed by atoms with Crippen LogP contribution in [0.25, 0.3) is 12.2 Å². The van der Waals surface area contributed by atoms with Crippen LogP contribution in [0, 0.1) is 16.1 Å². The van der Waals surface area contributed by atoms with Crippen LogP contribution in [0.2, 0.25) is 0 Å². The number of amides is 1. The fourth-order valence-electron chi connectivity index (χ4n) is 2.14. The Morgan fingerprint density at radius 3 is 2.77 bits per heavy atom. The summed E-state index contributed by atoms with van der Waals surface area (Å²) in [5, 5.41) is 9.15. The summed E-state index contributed by atoms with van der Waals surface area (Å²) in [6.07, 6.45) is 3.13. The van der Waals surface area contributed by atoms with Gasteiger partial charge in [0.1, 0.15) is 11.6 Å². The maximum Gasteiger partial charge on any atom is 0.270 e. The lowest BCUT2D eigenvalue weighted by Crippen LogP contribution is -2.20. The molecular formula is C17H16N4O4S. The highest BCUT2D eigenvalue weighted by Gasteiger charge is 2.11. The summed E-state index contributed by atoms with van der Waals surface area (Å²) in [6.45, 7) is 1.90. The van der Waals surface area contributed by atoms with Gasteiger partial charge in [0, 0.05) is 5.56 Å². The van der Waals surface area contributed by atoms with Crippen molar-refractivity contribution < 1.29 is 14.3 Å². The van der Waals surface area contributed by atoms with Gasteiger partial charge in [-0.15, -0.1) is 0 Å². The van der Waals surface area contributed by atoms with Crippen LogP contribution in [-0.2, 0) is 4.79 Å². The van der Waals surface area contributed by atoms with Gasteiger partial charge >= 0.3 is 0 Å². The Kier molecular flexibility index (Phi) is 6.30. The third-order valence-electron chi connectivity index (χ3n) is 3.18. The highest BCUT2D eigenvalue weighted by Crippen LogP contribution is 2.32. The normalized spacial score (nSPS) is 10.5. The zero-order valence-corrected chi connectivity index (χ0v) is 14.7. The largest absolute Gasteiger partial charge is 0.490 e. The number of aromatic nitrogens is 2. The van der Waals surface area contributed by atoms with Gasteiger partial charge in [0.2, 0.25) is 0 Å². The lowest BCUT2D eigenvalue weighted by Gasteiger charge is -2.13. The van der Waals surface area contributed by atoms with Crippen molar-refractivity contribution in [3.8, 4) is 17.6 Å². The van der Waals surface area contributed by atoms with E-state index in [4.69, 9.17) is 32.7 Å². The number of rotatable bonds is 7. The molecular weight excluding hydrogens is 356 g/mol. The molecule has 2 aromatic rings. The van der Waals surface area contributed by atoms with Gasteiger partial charge in [-0.3, -0.25) is 14.6 Å². The number of benzene rings is 1. The standard InChI is InChI=1S/C17H16N4O4S/c1-2-24-13-5-3-4-10(15(13)25-9-14(19)22)6-7-12-11(8-18)16(23)21-17(26)20-12/h3-7H,2,9H2,1H3,(H2,19,22)(H2,20,21,23,26)/b7-6+. The van der Waals surface area contributed by atoms with Gasteiger partial charge in [-0.05, 0) is 37.4 Å². The molecule has 0 atom stereocenters. The van der Waals surface area contributed by atoms with Crippen LogP contribution in [0.5, 0.6) is 11.5 Å². The predicted octanol–water partition coefficient (Wildman–Crippen LogP) is 1.74. The second-order valence-corrected chi connectivity index (χ2v) is 5.41. The first-order valence-electron chi connectivity index (χ1n) is 7.58. The molecule has 1 heterocycles. The smallest absolute Gasteiger partial charge is 0.270 e. The maximum absolute atomic E-state index is 11.8. The van der Waals surface area contributed by atoms with Crippen molar-refractivity contribution in [1.82, 2.24) is 9.97 Å². The average molecular weight is 372 g/mol. The molecule has 8 nitrogen and oxygen atoms in total. The Hall–Kier alpha value is -3.38. The van der Waals surface area contributed by atoms with Crippen LogP contribution in [0.15, 0.2) is 23.0 Å². The highest BCUT2D eigenvalue weighted by atomic mass is 32.1. The van der Waals surface area contributed by atoms with E-state index in [1.807, 2.05) is 13.0 Å². The molecule has 26 heavy (non-hydrogen) atoms. The second kappa shape index (κ2) is 8.64. The summed E-state index contributed by atoms with van der Waals surface area (Å²) < 4.78 is 11.1. The quantitative estimate of drug-likeness (QED) is 0.634. The summed E-state index contributed by atoms with van der Waals surface area (Å²) in [6, 6.07) is 6.99. The first-order chi connectivity index (χ1) is 12.5. The monoisotopic (exact) mass is 372 g/mol. The van der Waals surface area contributed by atoms with E-state index in [9.17, 15) is 9.59 Å². The van der Waals surface area contributed by atoms with Crippen molar-refractivity contribution in [3.05, 3.63) is 50.1 Å². The number of para-hydroxylation sites is 1. The van der Waals surface area contributed by atoms with Crippen molar-refractivity contribution in [3.63, 3.8) is 0 Å². The highest BCUT2D eigenvalue weighted by molar-refractivity contribution is 7.71. The fourth-order valence-corrected chi connectivity index (χ4v) is 2.35. The van der Waals surface area contributed by atoms with Crippen LogP contribution >= 0.6 is 12.2 Å². The van der Waals surface area contributed by atoms with Crippen LogP contribution in [-0.4, -0.2) is 29.1 Å². The molecule has 9 heteroatoms. The molecule has 0 radical (unpaired) electrons. The van der Waals surface area contributed by atoms with E-state index < -0.39 is 11.5 Å². The number of carbonyl (C=O) groups is 1. The van der Waals surface area contributed by atoms with E-state index >= 15 is 0 Å². The fraction of sp³-hybridized carbons (Fsp3) is 0.176.